The van der Waals surface area contributed by atoms with Gasteiger partial charge >= 0.3 is 5.97 Å². The summed E-state index contributed by atoms with van der Waals surface area (Å²) in [4.78, 5) is 39.1. The number of nitrogens with one attached hydrogen (secondary N) is 2. The van der Waals surface area contributed by atoms with Crippen molar-refractivity contribution in [2.24, 2.45) is 12.2 Å². The average Bonchev–Trinajstić information content (AvgIpc) is 3.50. The number of thiazole rings is 1. The monoisotopic (exact) mass is 565 g/mol. The minimum absolute atomic E-state index is 0.00754. The van der Waals surface area contributed by atoms with Crippen LogP contribution in [0, 0.1) is 0 Å². The van der Waals surface area contributed by atoms with E-state index in [1.807, 2.05) is 41.5 Å². The molecule has 3 aromatic heterocycles. The summed E-state index contributed by atoms with van der Waals surface area (Å²) in [6.07, 6.45) is 3.87. The van der Waals surface area contributed by atoms with Gasteiger partial charge in [-0.2, -0.15) is 9.36 Å². The molecular weight excluding hydrogens is 545 g/mol. The molecule has 0 fully saturated rings. The van der Waals surface area contributed by atoms with Crippen molar-refractivity contribution >= 4 is 69.1 Å². The Bertz CT molecular complexity index is 1320. The number of carboxylic acid groups (broad SMARTS) is 1. The highest BCUT2D eigenvalue weighted by atomic mass is 32.2. The molecule has 0 saturated heterocycles. The highest BCUT2D eigenvalue weighted by Crippen LogP contribution is 2.37. The van der Waals surface area contributed by atoms with Crippen molar-refractivity contribution in [1.82, 2.24) is 25.0 Å². The van der Waals surface area contributed by atoms with Crippen LogP contribution in [-0.4, -0.2) is 54.9 Å². The van der Waals surface area contributed by atoms with Gasteiger partial charge < -0.3 is 26.3 Å². The summed E-state index contributed by atoms with van der Waals surface area (Å²) in [7, 11) is 1.94. The number of carboxylic acids is 1. The first kappa shape index (κ1) is 25.9. The van der Waals surface area contributed by atoms with E-state index < -0.39 is 17.4 Å². The number of aliphatic carboxylic acids is 1. The molecular formula is C20H21N8O4S4+. The van der Waals surface area contributed by atoms with Crippen LogP contribution in [0.3, 0.4) is 0 Å². The topological polar surface area (TPSA) is 169 Å². The second-order valence-electron chi connectivity index (χ2n) is 7.08. The summed E-state index contributed by atoms with van der Waals surface area (Å²) >= 11 is 4.96. The molecule has 5 N–H and O–H groups in total. The van der Waals surface area contributed by atoms with E-state index >= 15 is 0 Å². The summed E-state index contributed by atoms with van der Waals surface area (Å²) < 4.78 is 6.66. The van der Waals surface area contributed by atoms with Crippen LogP contribution < -0.4 is 20.9 Å². The van der Waals surface area contributed by atoms with Gasteiger partial charge in [0.1, 0.15) is 24.8 Å². The predicted octanol–water partition coefficient (Wildman–Crippen LogP) is 1.63. The fraction of sp³-hybridized carbons (Fsp3) is 0.250. The van der Waals surface area contributed by atoms with Crippen LogP contribution in [0.2, 0.25) is 0 Å². The Balaban J connectivity index is 1.47. The number of rotatable bonds is 9. The van der Waals surface area contributed by atoms with Gasteiger partial charge in [0.25, 0.3) is 5.91 Å². The summed E-state index contributed by atoms with van der Waals surface area (Å²) in [6.45, 7) is 1.95. The molecule has 0 unspecified atom stereocenters. The number of aromatic nitrogens is 4. The van der Waals surface area contributed by atoms with Crippen molar-refractivity contribution in [2.75, 3.05) is 18.1 Å². The van der Waals surface area contributed by atoms with Crippen LogP contribution >= 0.6 is 46.4 Å². The maximum Gasteiger partial charge on any atom is 0.352 e. The van der Waals surface area contributed by atoms with Crippen LogP contribution in [0.25, 0.3) is 11.3 Å². The third-order valence-corrected chi connectivity index (χ3v) is 8.32. The zero-order valence-electron chi connectivity index (χ0n) is 19.0. The molecule has 0 aliphatic carbocycles. The van der Waals surface area contributed by atoms with E-state index in [4.69, 9.17) is 10.6 Å². The Morgan fingerprint density at radius 3 is 2.83 bits per heavy atom. The number of nitrogens with zero attached hydrogens (tertiary/aromatic N) is 5. The molecule has 1 amide bonds. The summed E-state index contributed by atoms with van der Waals surface area (Å²) in [5, 5.41) is 21.3. The largest absolute Gasteiger partial charge is 0.477 e. The van der Waals surface area contributed by atoms with E-state index in [-0.39, 0.29) is 29.0 Å². The fourth-order valence-corrected chi connectivity index (χ4v) is 6.39. The van der Waals surface area contributed by atoms with Gasteiger partial charge in [-0.25, -0.2) is 14.3 Å². The number of anilines is 1. The normalized spacial score (nSPS) is 15.9. The number of aryl methyl sites for hydroxylation is 1. The maximum atomic E-state index is 12.9. The number of hydrogen-bond donors (Lipinski definition) is 4. The lowest BCUT2D eigenvalue weighted by atomic mass is 10.2. The molecule has 16 heteroatoms. The number of thioether (sulfide) groups is 2. The van der Waals surface area contributed by atoms with Crippen molar-refractivity contribution in [3.8, 4) is 11.3 Å². The van der Waals surface area contributed by atoms with E-state index in [9.17, 15) is 14.7 Å². The Hall–Kier alpha value is -3.21. The Labute approximate surface area is 222 Å². The minimum Gasteiger partial charge on any atom is -0.477 e. The first-order chi connectivity index (χ1) is 17.3. The highest BCUT2D eigenvalue weighted by molar-refractivity contribution is 8.07. The molecule has 1 aliphatic heterocycles. The standard InChI is InChI=1S/C20H20N8O4S4/c1-3-32-26-14(15-24-18(21)36-27-15)16(29)25-19-23-13(17(30)31)12(9-33-19)35-20-22-11(8-34-20)10-4-6-28(2)7-5-10/h4-8,19,23H,3,9H2,1-2H3,(H3-,21,24,25,27,29,30,31)/p+1/b26-14-/t19-/m0/s1. The van der Waals surface area contributed by atoms with Crippen molar-refractivity contribution < 1.29 is 24.1 Å². The molecule has 4 rings (SSSR count). The van der Waals surface area contributed by atoms with Crippen molar-refractivity contribution in [3.63, 3.8) is 0 Å². The lowest BCUT2D eigenvalue weighted by molar-refractivity contribution is -0.671. The van der Waals surface area contributed by atoms with E-state index in [1.165, 1.54) is 34.9 Å². The van der Waals surface area contributed by atoms with Crippen LogP contribution in [0.1, 0.15) is 12.7 Å². The molecule has 3 aromatic rings. The molecule has 1 atom stereocenters. The molecule has 0 spiro atoms. The molecule has 36 heavy (non-hydrogen) atoms. The molecule has 12 nitrogen and oxygen atoms in total. The van der Waals surface area contributed by atoms with E-state index in [0.717, 1.165) is 27.1 Å². The summed E-state index contributed by atoms with van der Waals surface area (Å²) in [5.74, 6) is -1.39. The van der Waals surface area contributed by atoms with Gasteiger partial charge in [0.2, 0.25) is 11.5 Å². The lowest BCUT2D eigenvalue weighted by Crippen LogP contribution is -2.49. The summed E-state index contributed by atoms with van der Waals surface area (Å²) in [5.41, 5.74) is 6.53. The smallest absolute Gasteiger partial charge is 0.352 e. The number of nitrogen functional groups attached to an aromatic ring is 1. The van der Waals surface area contributed by atoms with Gasteiger partial charge in [0.15, 0.2) is 21.9 Å². The summed E-state index contributed by atoms with van der Waals surface area (Å²) in [6, 6.07) is 3.94. The zero-order valence-corrected chi connectivity index (χ0v) is 22.3. The number of carbonyl (C=O) groups excluding carboxylic acids is 1. The Morgan fingerprint density at radius 1 is 1.39 bits per heavy atom. The number of amides is 1. The van der Waals surface area contributed by atoms with Gasteiger partial charge in [0, 0.05) is 45.3 Å². The van der Waals surface area contributed by atoms with Gasteiger partial charge in [-0.05, 0) is 6.92 Å². The molecule has 0 radical (unpaired) electrons. The lowest BCUT2D eigenvalue weighted by Gasteiger charge is -2.27. The average molecular weight is 566 g/mol. The highest BCUT2D eigenvalue weighted by Gasteiger charge is 2.30. The molecule has 188 valence electrons. The van der Waals surface area contributed by atoms with Crippen molar-refractivity contribution in [2.45, 2.75) is 16.8 Å². The van der Waals surface area contributed by atoms with Gasteiger partial charge in [-0.15, -0.1) is 23.1 Å². The third kappa shape index (κ3) is 6.31. The predicted molar refractivity (Wildman–Crippen MR) is 139 cm³/mol. The number of pyridine rings is 1. The van der Waals surface area contributed by atoms with Gasteiger partial charge in [0.05, 0.1) is 5.69 Å². The third-order valence-electron chi connectivity index (χ3n) is 4.53. The Morgan fingerprint density at radius 2 is 2.17 bits per heavy atom. The van der Waals surface area contributed by atoms with E-state index in [0.29, 0.717) is 10.7 Å². The molecule has 0 aromatic carbocycles. The maximum absolute atomic E-state index is 12.9. The zero-order chi connectivity index (χ0) is 25.7. The van der Waals surface area contributed by atoms with Gasteiger partial charge in [-0.3, -0.25) is 4.79 Å². The SMILES string of the molecule is CCO/N=C(\C(=O)N[C@@H]1NC(C(=O)O)=C(Sc2nc(-c3cc[n+](C)cc3)cs2)CS1)c1nsc(N)n1. The Kier molecular flexibility index (Phi) is 8.40. The number of oxime groups is 1. The number of hydrogen-bond acceptors (Lipinski definition) is 13. The van der Waals surface area contributed by atoms with E-state index in [2.05, 4.69) is 30.1 Å². The second kappa shape index (κ2) is 11.7. The molecule has 1 aliphatic rings. The van der Waals surface area contributed by atoms with E-state index in [1.54, 1.807) is 6.92 Å². The van der Waals surface area contributed by atoms with Crippen molar-refractivity contribution in [3.05, 3.63) is 46.3 Å². The second-order valence-corrected chi connectivity index (χ2v) is 11.2. The molecule has 4 heterocycles. The number of nitrogens with two attached hydrogens (primary N) is 1. The van der Waals surface area contributed by atoms with Crippen LogP contribution in [0.15, 0.2) is 50.0 Å². The fourth-order valence-electron chi connectivity index (χ4n) is 2.87. The van der Waals surface area contributed by atoms with Crippen molar-refractivity contribution in [1.29, 1.82) is 0 Å². The molecule has 0 bridgehead atoms. The van der Waals surface area contributed by atoms with Crippen LogP contribution in [0.5, 0.6) is 0 Å². The minimum atomic E-state index is -1.14. The van der Waals surface area contributed by atoms with Gasteiger partial charge in [-0.1, -0.05) is 16.9 Å². The first-order valence-electron chi connectivity index (χ1n) is 10.4. The first-order valence-corrected chi connectivity index (χ1v) is 13.9. The quantitative estimate of drug-likeness (QED) is 0.169. The van der Waals surface area contributed by atoms with Crippen LogP contribution in [0.4, 0.5) is 5.13 Å². The molecule has 0 saturated carbocycles. The number of carbonyl (C=O) groups is 2. The van der Waals surface area contributed by atoms with Crippen LogP contribution in [-0.2, 0) is 21.5 Å².